The van der Waals surface area contributed by atoms with E-state index in [0.717, 1.165) is 11.8 Å². The van der Waals surface area contributed by atoms with Gasteiger partial charge in [0.25, 0.3) is 0 Å². The number of alkyl halides is 1. The summed E-state index contributed by atoms with van der Waals surface area (Å²) in [6, 6.07) is 13.9. The van der Waals surface area contributed by atoms with Gasteiger partial charge in [-0.25, -0.2) is 0 Å². The van der Waals surface area contributed by atoms with Crippen LogP contribution in [0.5, 0.6) is 5.75 Å². The molecule has 0 amide bonds. The molecule has 0 radical (unpaired) electrons. The Labute approximate surface area is 154 Å². The zero-order valence-corrected chi connectivity index (χ0v) is 15.3. The summed E-state index contributed by atoms with van der Waals surface area (Å²) in [6.45, 7) is 0.363. The van der Waals surface area contributed by atoms with Gasteiger partial charge in [0.1, 0.15) is 5.75 Å². The van der Waals surface area contributed by atoms with Crippen LogP contribution in [0.4, 0.5) is 0 Å². The predicted octanol–water partition coefficient (Wildman–Crippen LogP) is 4.29. The van der Waals surface area contributed by atoms with Gasteiger partial charge in [0.05, 0.1) is 19.3 Å². The molecule has 1 aliphatic carbocycles. The van der Waals surface area contributed by atoms with Gasteiger partial charge in [-0.3, -0.25) is 9.59 Å². The third-order valence-electron chi connectivity index (χ3n) is 3.98. The summed E-state index contributed by atoms with van der Waals surface area (Å²) in [6.07, 6.45) is 0.739. The number of methoxy groups -OCH3 is 1. The van der Waals surface area contributed by atoms with E-state index in [-0.39, 0.29) is 17.3 Å². The topological polar surface area (TPSA) is 52.6 Å². The molecule has 0 aliphatic heterocycles. The minimum atomic E-state index is -0.254. The molecule has 0 saturated carbocycles. The van der Waals surface area contributed by atoms with E-state index in [1.54, 1.807) is 55.6 Å². The molecule has 0 spiro atoms. The minimum Gasteiger partial charge on any atom is -0.497 e. The number of halogens is 1. The van der Waals surface area contributed by atoms with Gasteiger partial charge in [-0.05, 0) is 24.1 Å². The summed E-state index contributed by atoms with van der Waals surface area (Å²) in [5.41, 5.74) is 1.74. The Kier molecular flexibility index (Phi) is 5.34. The van der Waals surface area contributed by atoms with Crippen LogP contribution in [0, 0.1) is 0 Å². The van der Waals surface area contributed by atoms with Crippen molar-refractivity contribution in [3.05, 3.63) is 71.0 Å². The fourth-order valence-electron chi connectivity index (χ4n) is 2.74. The Balaban J connectivity index is 2.11. The second kappa shape index (κ2) is 7.66. The lowest BCUT2D eigenvalue weighted by atomic mass is 9.85. The number of allylic oxidation sites excluding steroid dienone is 2. The van der Waals surface area contributed by atoms with Crippen LogP contribution in [-0.2, 0) is 4.74 Å². The normalized spacial score (nSPS) is 13.7. The number of hydrogen-bond acceptors (Lipinski definition) is 4. The molecule has 0 fully saturated rings. The second-order valence-electron chi connectivity index (χ2n) is 5.53. The molecule has 4 nitrogen and oxygen atoms in total. The first-order valence-electron chi connectivity index (χ1n) is 7.93. The number of Topliss-reactive ketones (excluding diaryl/α,β-unsaturated/α-hetero) is 2. The molecule has 0 atom stereocenters. The largest absolute Gasteiger partial charge is 0.497 e. The van der Waals surface area contributed by atoms with E-state index < -0.39 is 0 Å². The average molecular weight is 401 g/mol. The van der Waals surface area contributed by atoms with Gasteiger partial charge < -0.3 is 9.47 Å². The first-order chi connectivity index (χ1) is 12.2. The highest BCUT2D eigenvalue weighted by Crippen LogP contribution is 2.33. The summed E-state index contributed by atoms with van der Waals surface area (Å²) in [4.78, 5) is 25.9. The average Bonchev–Trinajstić information content (AvgIpc) is 2.66. The van der Waals surface area contributed by atoms with E-state index in [4.69, 9.17) is 9.47 Å². The molecule has 0 heterocycles. The van der Waals surface area contributed by atoms with Crippen LogP contribution in [0.2, 0.25) is 0 Å². The SMILES string of the molecule is COc1ccc(C2=C(OCCCBr)C(=O)c3ccccc3C2=O)cc1. The monoisotopic (exact) mass is 400 g/mol. The van der Waals surface area contributed by atoms with Gasteiger partial charge in [-0.15, -0.1) is 0 Å². The Morgan fingerprint density at radius 1 is 0.920 bits per heavy atom. The van der Waals surface area contributed by atoms with Gasteiger partial charge in [-0.1, -0.05) is 52.3 Å². The smallest absolute Gasteiger partial charge is 0.229 e. The van der Waals surface area contributed by atoms with Crippen LogP contribution in [0.25, 0.3) is 5.57 Å². The summed E-state index contributed by atoms with van der Waals surface area (Å²) in [7, 11) is 1.58. The summed E-state index contributed by atoms with van der Waals surface area (Å²) in [5.74, 6) is 0.348. The van der Waals surface area contributed by atoms with Crippen molar-refractivity contribution in [3.63, 3.8) is 0 Å². The lowest BCUT2D eigenvalue weighted by molar-refractivity contribution is 0.0893. The van der Waals surface area contributed by atoms with Crippen molar-refractivity contribution in [3.8, 4) is 5.75 Å². The molecule has 3 rings (SSSR count). The fourth-order valence-corrected chi connectivity index (χ4v) is 2.97. The van der Waals surface area contributed by atoms with Crippen LogP contribution < -0.4 is 4.74 Å². The van der Waals surface area contributed by atoms with Crippen LogP contribution in [-0.4, -0.2) is 30.6 Å². The number of ether oxygens (including phenoxy) is 2. The molecule has 0 aromatic heterocycles. The van der Waals surface area contributed by atoms with Crippen LogP contribution in [0.15, 0.2) is 54.3 Å². The first kappa shape index (κ1) is 17.4. The van der Waals surface area contributed by atoms with Gasteiger partial charge >= 0.3 is 0 Å². The van der Waals surface area contributed by atoms with Crippen LogP contribution >= 0.6 is 15.9 Å². The summed E-state index contributed by atoms with van der Waals surface area (Å²) < 4.78 is 10.9. The number of ketones is 2. The number of rotatable bonds is 6. The van der Waals surface area contributed by atoms with Gasteiger partial charge in [0, 0.05) is 16.5 Å². The maximum absolute atomic E-state index is 13.0. The number of fused-ring (bicyclic) bond motifs is 1. The lowest BCUT2D eigenvalue weighted by Gasteiger charge is -2.21. The van der Waals surface area contributed by atoms with Crippen molar-refractivity contribution in [2.24, 2.45) is 0 Å². The van der Waals surface area contributed by atoms with E-state index in [1.807, 2.05) is 0 Å². The van der Waals surface area contributed by atoms with Crippen molar-refractivity contribution in [2.75, 3.05) is 19.0 Å². The fraction of sp³-hybridized carbons (Fsp3) is 0.200. The van der Waals surface area contributed by atoms with Gasteiger partial charge in [-0.2, -0.15) is 0 Å². The number of carbonyl (C=O) groups excluding carboxylic acids is 2. The number of hydrogen-bond donors (Lipinski definition) is 0. The first-order valence-corrected chi connectivity index (χ1v) is 9.05. The van der Waals surface area contributed by atoms with Gasteiger partial charge in [0.2, 0.25) is 5.78 Å². The Morgan fingerprint density at radius 2 is 1.56 bits per heavy atom. The predicted molar refractivity (Wildman–Crippen MR) is 99.4 cm³/mol. The molecule has 25 heavy (non-hydrogen) atoms. The molecule has 2 aromatic rings. The van der Waals surface area contributed by atoms with E-state index in [9.17, 15) is 9.59 Å². The summed E-state index contributed by atoms with van der Waals surface area (Å²) in [5, 5.41) is 0.761. The second-order valence-corrected chi connectivity index (χ2v) is 6.32. The van der Waals surface area contributed by atoms with Crippen molar-refractivity contribution in [1.29, 1.82) is 0 Å². The highest BCUT2D eigenvalue weighted by molar-refractivity contribution is 9.09. The minimum absolute atomic E-state index is 0.120. The molecule has 2 aromatic carbocycles. The quantitative estimate of drug-likeness (QED) is 0.536. The molecule has 0 unspecified atom stereocenters. The Bertz CT molecular complexity index is 837. The van der Waals surface area contributed by atoms with E-state index >= 15 is 0 Å². The molecular formula is C20H17BrO4. The maximum Gasteiger partial charge on any atom is 0.229 e. The van der Waals surface area contributed by atoms with Crippen LogP contribution in [0.1, 0.15) is 32.7 Å². The third kappa shape index (κ3) is 3.37. The van der Waals surface area contributed by atoms with E-state index in [1.165, 1.54) is 0 Å². The zero-order chi connectivity index (χ0) is 17.8. The van der Waals surface area contributed by atoms with E-state index in [0.29, 0.717) is 34.6 Å². The number of carbonyl (C=O) groups is 2. The standard InChI is InChI=1S/C20H17BrO4/c1-24-14-9-7-13(8-10-14)17-18(22)15-5-2-3-6-16(15)19(23)20(17)25-12-4-11-21/h2-3,5-10H,4,11-12H2,1H3. The molecule has 0 saturated heterocycles. The third-order valence-corrected chi connectivity index (χ3v) is 4.54. The molecular weight excluding hydrogens is 384 g/mol. The highest BCUT2D eigenvalue weighted by atomic mass is 79.9. The Hall–Kier alpha value is -2.40. The van der Waals surface area contributed by atoms with Crippen molar-refractivity contribution >= 4 is 33.1 Å². The molecule has 1 aliphatic rings. The summed E-state index contributed by atoms with van der Waals surface area (Å²) >= 11 is 3.34. The molecule has 5 heteroatoms. The van der Waals surface area contributed by atoms with Crippen molar-refractivity contribution in [2.45, 2.75) is 6.42 Å². The lowest BCUT2D eigenvalue weighted by Crippen LogP contribution is -2.23. The highest BCUT2D eigenvalue weighted by Gasteiger charge is 2.34. The van der Waals surface area contributed by atoms with Crippen LogP contribution in [0.3, 0.4) is 0 Å². The Morgan fingerprint density at radius 3 is 2.16 bits per heavy atom. The molecule has 0 N–H and O–H groups in total. The molecule has 128 valence electrons. The van der Waals surface area contributed by atoms with E-state index in [2.05, 4.69) is 15.9 Å². The maximum atomic E-state index is 13.0. The van der Waals surface area contributed by atoms with Crippen molar-refractivity contribution in [1.82, 2.24) is 0 Å². The zero-order valence-electron chi connectivity index (χ0n) is 13.8. The van der Waals surface area contributed by atoms with Crippen molar-refractivity contribution < 1.29 is 19.1 Å². The van der Waals surface area contributed by atoms with Gasteiger partial charge in [0.15, 0.2) is 11.5 Å². The number of benzene rings is 2. The molecule has 0 bridgehead atoms.